The Balaban J connectivity index is 1.39. The number of hydrogen-bond acceptors (Lipinski definition) is 4. The fraction of sp³-hybridized carbons (Fsp3) is 0.240. The van der Waals surface area contributed by atoms with E-state index in [0.29, 0.717) is 5.75 Å². The van der Waals surface area contributed by atoms with Crippen molar-refractivity contribution in [2.45, 2.75) is 30.8 Å². The van der Waals surface area contributed by atoms with Crippen LogP contribution in [0.25, 0.3) is 0 Å². The van der Waals surface area contributed by atoms with E-state index in [1.54, 1.807) is 24.1 Å². The minimum Gasteiger partial charge on any atom is -0.484 e. The minimum absolute atomic E-state index is 0.0538. The minimum atomic E-state index is -3.64. The van der Waals surface area contributed by atoms with E-state index < -0.39 is 10.0 Å². The van der Waals surface area contributed by atoms with E-state index in [1.165, 1.54) is 16.4 Å². The Bertz CT molecular complexity index is 1250. The molecule has 1 aliphatic heterocycles. The van der Waals surface area contributed by atoms with Crippen LogP contribution >= 0.6 is 15.9 Å². The fourth-order valence-electron chi connectivity index (χ4n) is 4.01. The second-order valence-electron chi connectivity index (χ2n) is 8.10. The van der Waals surface area contributed by atoms with Crippen molar-refractivity contribution >= 4 is 37.5 Å². The van der Waals surface area contributed by atoms with Crippen molar-refractivity contribution in [3.05, 3.63) is 88.4 Å². The van der Waals surface area contributed by atoms with Crippen LogP contribution in [0.4, 0.5) is 5.69 Å². The molecule has 0 saturated heterocycles. The zero-order valence-electron chi connectivity index (χ0n) is 18.4. The highest BCUT2D eigenvalue weighted by molar-refractivity contribution is 9.10. The highest BCUT2D eigenvalue weighted by atomic mass is 79.9. The van der Waals surface area contributed by atoms with Gasteiger partial charge in [-0.05, 0) is 66.9 Å². The third kappa shape index (κ3) is 5.13. The summed E-state index contributed by atoms with van der Waals surface area (Å²) in [6, 6.07) is 21.5. The van der Waals surface area contributed by atoms with Gasteiger partial charge in [0.15, 0.2) is 6.61 Å². The van der Waals surface area contributed by atoms with Gasteiger partial charge in [0.1, 0.15) is 5.75 Å². The monoisotopic (exact) mass is 528 g/mol. The number of fused-ring (bicyclic) bond motifs is 1. The number of rotatable bonds is 7. The van der Waals surface area contributed by atoms with E-state index in [0.717, 1.165) is 27.7 Å². The normalized spacial score (nSPS) is 15.5. The van der Waals surface area contributed by atoms with E-state index in [4.69, 9.17) is 4.74 Å². The van der Waals surface area contributed by atoms with Crippen LogP contribution in [0, 0.1) is 0 Å². The molecule has 0 aromatic heterocycles. The summed E-state index contributed by atoms with van der Waals surface area (Å²) >= 11 is 3.47. The zero-order chi connectivity index (χ0) is 23.6. The average molecular weight is 529 g/mol. The predicted octanol–water partition coefficient (Wildman–Crippen LogP) is 4.63. The van der Waals surface area contributed by atoms with Gasteiger partial charge in [0, 0.05) is 29.8 Å². The van der Waals surface area contributed by atoms with E-state index in [-0.39, 0.29) is 30.0 Å². The Hall–Kier alpha value is -2.68. The summed E-state index contributed by atoms with van der Waals surface area (Å²) in [7, 11) is -2.09. The SMILES string of the molecule is CC1Cc2cc(Br)ccc2N1C(=O)COc1ccc(S(=O)(=O)N(C)Cc2ccccc2)cc1. The molecule has 6 nitrogen and oxygen atoms in total. The first-order chi connectivity index (χ1) is 15.8. The number of carbonyl (C=O) groups excluding carboxylic acids is 1. The standard InChI is InChI=1S/C25H25BrN2O4S/c1-18-14-20-15-21(26)8-13-24(20)28(18)25(29)17-32-22-9-11-23(12-10-22)33(30,31)27(2)16-19-6-4-3-5-7-19/h3-13,15,18H,14,16-17H2,1-2H3. The number of benzene rings is 3. The smallest absolute Gasteiger partial charge is 0.265 e. The Labute approximate surface area is 203 Å². The largest absolute Gasteiger partial charge is 0.484 e. The molecule has 8 heteroatoms. The predicted molar refractivity (Wildman–Crippen MR) is 132 cm³/mol. The summed E-state index contributed by atoms with van der Waals surface area (Å²) in [5.41, 5.74) is 2.94. The summed E-state index contributed by atoms with van der Waals surface area (Å²) < 4.78 is 33.8. The molecule has 1 amide bonds. The van der Waals surface area contributed by atoms with Gasteiger partial charge in [-0.1, -0.05) is 46.3 Å². The topological polar surface area (TPSA) is 66.9 Å². The van der Waals surface area contributed by atoms with Crippen LogP contribution in [0.5, 0.6) is 5.75 Å². The number of ether oxygens (including phenoxy) is 1. The number of anilines is 1. The lowest BCUT2D eigenvalue weighted by molar-refractivity contribution is -0.120. The molecule has 0 saturated carbocycles. The molecule has 1 atom stereocenters. The lowest BCUT2D eigenvalue weighted by Gasteiger charge is -2.23. The first kappa shape index (κ1) is 23.5. The van der Waals surface area contributed by atoms with Gasteiger partial charge in [-0.25, -0.2) is 8.42 Å². The number of hydrogen-bond donors (Lipinski definition) is 0. The summed E-state index contributed by atoms with van der Waals surface area (Å²) in [5, 5.41) is 0. The molecule has 172 valence electrons. The molecule has 1 heterocycles. The number of nitrogens with zero attached hydrogens (tertiary/aromatic N) is 2. The van der Waals surface area contributed by atoms with Gasteiger partial charge in [0.05, 0.1) is 4.90 Å². The molecule has 33 heavy (non-hydrogen) atoms. The van der Waals surface area contributed by atoms with Gasteiger partial charge in [0.2, 0.25) is 10.0 Å². The molecule has 0 radical (unpaired) electrons. The van der Waals surface area contributed by atoms with Crippen molar-refractivity contribution in [1.29, 1.82) is 0 Å². The molecule has 0 fully saturated rings. The Morgan fingerprint density at radius 3 is 2.48 bits per heavy atom. The summed E-state index contributed by atoms with van der Waals surface area (Å²) in [6.07, 6.45) is 0.795. The van der Waals surface area contributed by atoms with E-state index in [2.05, 4.69) is 15.9 Å². The van der Waals surface area contributed by atoms with Gasteiger partial charge in [-0.15, -0.1) is 0 Å². The first-order valence-corrected chi connectivity index (χ1v) is 12.8. The zero-order valence-corrected chi connectivity index (χ0v) is 20.8. The number of amides is 1. The van der Waals surface area contributed by atoms with Gasteiger partial charge in [0.25, 0.3) is 5.91 Å². The first-order valence-electron chi connectivity index (χ1n) is 10.6. The summed E-state index contributed by atoms with van der Waals surface area (Å²) in [5.74, 6) is 0.304. The quantitative estimate of drug-likeness (QED) is 0.448. The molecular formula is C25H25BrN2O4S. The van der Waals surface area contributed by atoms with Crippen LogP contribution in [0.1, 0.15) is 18.1 Å². The molecule has 0 N–H and O–H groups in total. The maximum atomic E-state index is 12.9. The molecule has 4 rings (SSSR count). The van der Waals surface area contributed by atoms with Crippen molar-refractivity contribution in [2.75, 3.05) is 18.6 Å². The Morgan fingerprint density at radius 2 is 1.79 bits per heavy atom. The van der Waals surface area contributed by atoms with Crippen LogP contribution in [0.3, 0.4) is 0 Å². The molecule has 0 spiro atoms. The van der Waals surface area contributed by atoms with Gasteiger partial charge < -0.3 is 9.64 Å². The van der Waals surface area contributed by atoms with E-state index in [1.807, 2.05) is 55.5 Å². The van der Waals surface area contributed by atoms with Crippen LogP contribution in [-0.2, 0) is 27.8 Å². The third-order valence-corrected chi connectivity index (χ3v) is 7.98. The average Bonchev–Trinajstić information content (AvgIpc) is 3.13. The number of halogens is 1. The van der Waals surface area contributed by atoms with Gasteiger partial charge in [-0.3, -0.25) is 4.79 Å². The number of carbonyl (C=O) groups is 1. The molecule has 1 unspecified atom stereocenters. The van der Waals surface area contributed by atoms with Gasteiger partial charge in [-0.2, -0.15) is 4.31 Å². The Morgan fingerprint density at radius 1 is 1.09 bits per heavy atom. The van der Waals surface area contributed by atoms with Crippen LogP contribution in [0.15, 0.2) is 82.2 Å². The van der Waals surface area contributed by atoms with Crippen molar-refractivity contribution < 1.29 is 17.9 Å². The molecule has 3 aromatic rings. The van der Waals surface area contributed by atoms with Crippen molar-refractivity contribution in [1.82, 2.24) is 4.31 Å². The maximum absolute atomic E-state index is 12.9. The van der Waals surface area contributed by atoms with Gasteiger partial charge >= 0.3 is 0 Å². The highest BCUT2D eigenvalue weighted by Gasteiger charge is 2.31. The lowest BCUT2D eigenvalue weighted by atomic mass is 10.1. The second-order valence-corrected chi connectivity index (χ2v) is 11.1. The van der Waals surface area contributed by atoms with Crippen LogP contribution in [0.2, 0.25) is 0 Å². The Kier molecular flexibility index (Phi) is 6.88. The molecule has 0 bridgehead atoms. The molecule has 3 aromatic carbocycles. The lowest BCUT2D eigenvalue weighted by Crippen LogP contribution is -2.39. The highest BCUT2D eigenvalue weighted by Crippen LogP contribution is 2.34. The molecular weight excluding hydrogens is 504 g/mol. The van der Waals surface area contributed by atoms with Crippen LogP contribution in [-0.4, -0.2) is 38.3 Å². The fourth-order valence-corrected chi connectivity index (χ4v) is 5.58. The van der Waals surface area contributed by atoms with Crippen molar-refractivity contribution in [2.24, 2.45) is 0 Å². The molecule has 0 aliphatic carbocycles. The summed E-state index contributed by atoms with van der Waals surface area (Å²) in [4.78, 5) is 14.8. The molecule has 1 aliphatic rings. The van der Waals surface area contributed by atoms with Crippen molar-refractivity contribution in [3.8, 4) is 5.75 Å². The third-order valence-electron chi connectivity index (χ3n) is 5.67. The summed E-state index contributed by atoms with van der Waals surface area (Å²) in [6.45, 7) is 2.17. The maximum Gasteiger partial charge on any atom is 0.265 e. The van der Waals surface area contributed by atoms with Crippen LogP contribution < -0.4 is 9.64 Å². The van der Waals surface area contributed by atoms with E-state index >= 15 is 0 Å². The number of sulfonamides is 1. The van der Waals surface area contributed by atoms with Crippen molar-refractivity contribution in [3.63, 3.8) is 0 Å². The van der Waals surface area contributed by atoms with E-state index in [9.17, 15) is 13.2 Å². The second kappa shape index (κ2) is 9.67.